The zero-order chi connectivity index (χ0) is 14.6. The lowest BCUT2D eigenvalue weighted by molar-refractivity contribution is 0.0577. The molecule has 3 unspecified atom stereocenters. The smallest absolute Gasteiger partial charge is 0.0468 e. The lowest BCUT2D eigenvalue weighted by atomic mass is 9.85. The molecule has 2 rings (SSSR count). The lowest BCUT2D eigenvalue weighted by Gasteiger charge is -2.44. The van der Waals surface area contributed by atoms with Gasteiger partial charge in [-0.05, 0) is 63.5 Å². The van der Waals surface area contributed by atoms with Crippen LogP contribution in [0.3, 0.4) is 0 Å². The van der Waals surface area contributed by atoms with Gasteiger partial charge in [0.2, 0.25) is 0 Å². The predicted molar refractivity (Wildman–Crippen MR) is 85.1 cm³/mol. The van der Waals surface area contributed by atoms with Gasteiger partial charge in [-0.15, -0.1) is 0 Å². The Morgan fingerprint density at radius 1 is 1.30 bits per heavy atom. The van der Waals surface area contributed by atoms with Crippen LogP contribution in [0.25, 0.3) is 0 Å². The van der Waals surface area contributed by atoms with Crippen molar-refractivity contribution in [3.63, 3.8) is 0 Å². The molecule has 3 heteroatoms. The van der Waals surface area contributed by atoms with Crippen LogP contribution in [0.4, 0.5) is 0 Å². The average Bonchev–Trinajstić information content (AvgIpc) is 3.21. The molecule has 0 aromatic heterocycles. The van der Waals surface area contributed by atoms with Crippen LogP contribution < -0.4 is 5.32 Å². The Morgan fingerprint density at radius 2 is 2.05 bits per heavy atom. The second-order valence-electron chi connectivity index (χ2n) is 7.16. The van der Waals surface area contributed by atoms with Crippen molar-refractivity contribution in [3.05, 3.63) is 0 Å². The number of rotatable bonds is 8. The number of nitrogens with one attached hydrogen (secondary N) is 1. The molecule has 1 N–H and O–H groups in total. The molecule has 0 aromatic carbocycles. The van der Waals surface area contributed by atoms with Crippen LogP contribution in [0, 0.1) is 11.3 Å². The van der Waals surface area contributed by atoms with Crippen molar-refractivity contribution in [2.75, 3.05) is 33.4 Å². The van der Waals surface area contributed by atoms with Gasteiger partial charge in [0.15, 0.2) is 0 Å². The summed E-state index contributed by atoms with van der Waals surface area (Å²) in [5.74, 6) is 0.758. The summed E-state index contributed by atoms with van der Waals surface area (Å²) in [5.41, 5.74) is 0.591. The van der Waals surface area contributed by atoms with Gasteiger partial charge < -0.3 is 10.1 Å². The molecule has 1 aliphatic heterocycles. The average molecular weight is 282 g/mol. The molecule has 1 heterocycles. The molecule has 0 amide bonds. The number of methoxy groups -OCH3 is 1. The second kappa shape index (κ2) is 7.24. The molecule has 3 nitrogen and oxygen atoms in total. The molecule has 0 spiro atoms. The Bertz CT molecular complexity index is 291. The third kappa shape index (κ3) is 3.96. The minimum absolute atomic E-state index is 0.591. The van der Waals surface area contributed by atoms with E-state index in [4.69, 9.17) is 4.74 Å². The number of piperidine rings is 1. The molecule has 20 heavy (non-hydrogen) atoms. The molecule has 2 aliphatic rings. The van der Waals surface area contributed by atoms with Crippen LogP contribution in [-0.2, 0) is 4.74 Å². The summed E-state index contributed by atoms with van der Waals surface area (Å²) in [5, 5.41) is 3.74. The Morgan fingerprint density at radius 3 is 2.65 bits per heavy atom. The summed E-state index contributed by atoms with van der Waals surface area (Å²) >= 11 is 0. The molecule has 3 atom stereocenters. The molecule has 1 saturated carbocycles. The third-order valence-corrected chi connectivity index (χ3v) is 5.69. The van der Waals surface area contributed by atoms with E-state index in [0.29, 0.717) is 11.5 Å². The van der Waals surface area contributed by atoms with Crippen LogP contribution in [0.1, 0.15) is 52.9 Å². The number of hydrogen-bond donors (Lipinski definition) is 1. The van der Waals surface area contributed by atoms with Gasteiger partial charge in [0.1, 0.15) is 0 Å². The van der Waals surface area contributed by atoms with Crippen LogP contribution in [-0.4, -0.2) is 50.3 Å². The topological polar surface area (TPSA) is 24.5 Å². The highest BCUT2D eigenvalue weighted by molar-refractivity contribution is 4.98. The highest BCUT2D eigenvalue weighted by Crippen LogP contribution is 2.50. The highest BCUT2D eigenvalue weighted by Gasteiger charge is 2.45. The number of hydrogen-bond acceptors (Lipinski definition) is 3. The summed E-state index contributed by atoms with van der Waals surface area (Å²) in [6.45, 7) is 11.8. The fourth-order valence-corrected chi connectivity index (χ4v) is 3.69. The maximum absolute atomic E-state index is 5.29. The van der Waals surface area contributed by atoms with Gasteiger partial charge in [0.05, 0.1) is 0 Å². The van der Waals surface area contributed by atoms with E-state index in [0.717, 1.165) is 18.6 Å². The molecule has 1 aliphatic carbocycles. The van der Waals surface area contributed by atoms with Gasteiger partial charge in [0, 0.05) is 32.3 Å². The van der Waals surface area contributed by atoms with E-state index in [-0.39, 0.29) is 0 Å². The van der Waals surface area contributed by atoms with Gasteiger partial charge in [0.25, 0.3) is 0 Å². The normalized spacial score (nSPS) is 33.3. The van der Waals surface area contributed by atoms with Crippen molar-refractivity contribution in [1.82, 2.24) is 10.2 Å². The fourth-order valence-electron chi connectivity index (χ4n) is 3.69. The first-order valence-electron chi connectivity index (χ1n) is 8.58. The highest BCUT2D eigenvalue weighted by atomic mass is 16.5. The quantitative estimate of drug-likeness (QED) is 0.741. The Kier molecular flexibility index (Phi) is 5.88. The maximum atomic E-state index is 5.29. The summed E-state index contributed by atoms with van der Waals surface area (Å²) in [4.78, 5) is 2.75. The number of ether oxygens (including phenoxy) is 1. The van der Waals surface area contributed by atoms with E-state index in [1.165, 1.54) is 51.7 Å². The monoisotopic (exact) mass is 282 g/mol. The first-order valence-corrected chi connectivity index (χ1v) is 8.58. The molecular weight excluding hydrogens is 248 g/mol. The molecule has 0 radical (unpaired) electrons. The van der Waals surface area contributed by atoms with Crippen molar-refractivity contribution in [2.45, 2.75) is 65.0 Å². The van der Waals surface area contributed by atoms with Crippen molar-refractivity contribution < 1.29 is 4.74 Å². The molecule has 118 valence electrons. The van der Waals surface area contributed by atoms with Gasteiger partial charge in [-0.25, -0.2) is 0 Å². The second-order valence-corrected chi connectivity index (χ2v) is 7.16. The number of nitrogens with zero attached hydrogens (tertiary/aromatic N) is 1. The molecule has 1 saturated heterocycles. The Labute approximate surface area is 125 Å². The minimum atomic E-state index is 0.591. The lowest BCUT2D eigenvalue weighted by Crippen LogP contribution is -2.54. The standard InChI is InChI=1S/C17H34N2O/c1-5-10-18-16-6-11-19(15(3)14(16)2)13-17(7-8-17)9-12-20-4/h14-16,18H,5-13H2,1-4H3. The van der Waals surface area contributed by atoms with E-state index < -0.39 is 0 Å². The SMILES string of the molecule is CCCNC1CCN(CC2(CCOC)CC2)C(C)C1C. The molecule has 2 fully saturated rings. The van der Waals surface area contributed by atoms with Crippen molar-refractivity contribution in [3.8, 4) is 0 Å². The zero-order valence-electron chi connectivity index (χ0n) is 14.0. The fraction of sp³-hybridized carbons (Fsp3) is 1.00. The van der Waals surface area contributed by atoms with Crippen molar-refractivity contribution in [1.29, 1.82) is 0 Å². The third-order valence-electron chi connectivity index (χ3n) is 5.69. The largest absolute Gasteiger partial charge is 0.385 e. The van der Waals surface area contributed by atoms with Crippen molar-refractivity contribution in [2.24, 2.45) is 11.3 Å². The molecular formula is C17H34N2O. The first-order chi connectivity index (χ1) is 9.62. The summed E-state index contributed by atoms with van der Waals surface area (Å²) in [7, 11) is 1.83. The number of likely N-dealkylation sites (tertiary alicyclic amines) is 1. The Balaban J connectivity index is 1.82. The minimum Gasteiger partial charge on any atom is -0.385 e. The van der Waals surface area contributed by atoms with Crippen LogP contribution in [0.15, 0.2) is 0 Å². The zero-order valence-corrected chi connectivity index (χ0v) is 14.0. The summed E-state index contributed by atoms with van der Waals surface area (Å²) < 4.78 is 5.29. The van der Waals surface area contributed by atoms with Gasteiger partial charge >= 0.3 is 0 Å². The van der Waals surface area contributed by atoms with Crippen molar-refractivity contribution >= 4 is 0 Å². The van der Waals surface area contributed by atoms with Crippen LogP contribution in [0.2, 0.25) is 0 Å². The van der Waals surface area contributed by atoms with Crippen LogP contribution >= 0.6 is 0 Å². The van der Waals surface area contributed by atoms with Gasteiger partial charge in [-0.3, -0.25) is 4.90 Å². The van der Waals surface area contributed by atoms with E-state index >= 15 is 0 Å². The van der Waals surface area contributed by atoms with E-state index in [2.05, 4.69) is 31.0 Å². The summed E-state index contributed by atoms with van der Waals surface area (Å²) in [6, 6.07) is 1.42. The predicted octanol–water partition coefficient (Wildman–Crippen LogP) is 2.90. The van der Waals surface area contributed by atoms with Gasteiger partial charge in [-0.1, -0.05) is 13.8 Å². The molecule has 0 aromatic rings. The van der Waals surface area contributed by atoms with E-state index in [9.17, 15) is 0 Å². The van der Waals surface area contributed by atoms with Gasteiger partial charge in [-0.2, -0.15) is 0 Å². The first kappa shape index (κ1) is 16.3. The summed E-state index contributed by atoms with van der Waals surface area (Å²) in [6.07, 6.45) is 6.61. The van der Waals surface area contributed by atoms with E-state index in [1.54, 1.807) is 0 Å². The van der Waals surface area contributed by atoms with Crippen LogP contribution in [0.5, 0.6) is 0 Å². The maximum Gasteiger partial charge on any atom is 0.0468 e. The molecule has 0 bridgehead atoms. The van der Waals surface area contributed by atoms with E-state index in [1.807, 2.05) is 7.11 Å². The Hall–Kier alpha value is -0.120.